The molecule has 0 saturated carbocycles. The molecule has 168 valence electrons. The number of benzene rings is 2. The number of hydrazine groups is 1. The number of nitrogens with one attached hydrogen (secondary N) is 1. The number of fused-ring (bicyclic) bond motifs is 1. The number of methoxy groups -OCH3 is 1. The first-order valence-corrected chi connectivity index (χ1v) is 10.7. The molecular formula is C21H21Cl2N5O4. The number of carbonyl (C=O) groups excluding carboxylic acids is 1. The molecule has 0 atom stereocenters. The highest BCUT2D eigenvalue weighted by Gasteiger charge is 2.30. The number of carbonyl (C=O) groups is 1. The van der Waals surface area contributed by atoms with Gasteiger partial charge in [-0.3, -0.25) is 10.2 Å². The van der Waals surface area contributed by atoms with Crippen LogP contribution in [-0.4, -0.2) is 48.9 Å². The van der Waals surface area contributed by atoms with Crippen molar-refractivity contribution in [1.29, 1.82) is 0 Å². The number of hydrogen-bond acceptors (Lipinski definition) is 6. The van der Waals surface area contributed by atoms with Gasteiger partial charge in [-0.1, -0.05) is 35.3 Å². The largest absolute Gasteiger partial charge is 0.805 e. The Bertz CT molecular complexity index is 1260. The third-order valence-corrected chi connectivity index (χ3v) is 6.21. The molecule has 9 nitrogen and oxygen atoms in total. The minimum Gasteiger partial charge on any atom is -0.805 e. The fourth-order valence-corrected chi connectivity index (χ4v) is 4.11. The molecule has 1 saturated heterocycles. The van der Waals surface area contributed by atoms with Crippen LogP contribution in [0.1, 0.15) is 16.2 Å². The molecule has 1 amide bonds. The van der Waals surface area contributed by atoms with Crippen molar-refractivity contribution in [2.45, 2.75) is 6.92 Å². The van der Waals surface area contributed by atoms with E-state index in [9.17, 15) is 14.9 Å². The number of rotatable bonds is 4. The number of ether oxygens (including phenoxy) is 1. The van der Waals surface area contributed by atoms with E-state index in [4.69, 9.17) is 27.9 Å². The van der Waals surface area contributed by atoms with Crippen molar-refractivity contribution < 1.29 is 14.0 Å². The Kier molecular flexibility index (Phi) is 6.14. The van der Waals surface area contributed by atoms with Crippen molar-refractivity contribution in [2.75, 3.05) is 38.2 Å². The number of para-hydroxylation sites is 2. The van der Waals surface area contributed by atoms with Gasteiger partial charge < -0.3 is 19.6 Å². The van der Waals surface area contributed by atoms with Crippen LogP contribution in [0.3, 0.4) is 0 Å². The molecule has 1 aromatic heterocycles. The van der Waals surface area contributed by atoms with E-state index in [2.05, 4.69) is 10.3 Å². The zero-order valence-electron chi connectivity index (χ0n) is 17.5. The summed E-state index contributed by atoms with van der Waals surface area (Å²) >= 11 is 12.0. The molecule has 0 spiro atoms. The first-order chi connectivity index (χ1) is 15.3. The fourth-order valence-electron chi connectivity index (χ4n) is 3.80. The van der Waals surface area contributed by atoms with Gasteiger partial charge in [-0.25, -0.2) is 5.01 Å². The molecule has 32 heavy (non-hydrogen) atoms. The van der Waals surface area contributed by atoms with Crippen molar-refractivity contribution in [3.05, 3.63) is 67.9 Å². The topological polar surface area (TPSA) is 95.8 Å². The van der Waals surface area contributed by atoms with Crippen LogP contribution < -0.4 is 19.5 Å². The van der Waals surface area contributed by atoms with Gasteiger partial charge in [0.2, 0.25) is 0 Å². The van der Waals surface area contributed by atoms with E-state index in [0.717, 1.165) is 11.4 Å². The highest BCUT2D eigenvalue weighted by molar-refractivity contribution is 6.42. The molecule has 2 aromatic carbocycles. The second kappa shape index (κ2) is 8.85. The molecule has 1 fully saturated rings. The number of hydrogen-bond donors (Lipinski definition) is 1. The van der Waals surface area contributed by atoms with E-state index in [0.29, 0.717) is 35.3 Å². The Labute approximate surface area is 193 Å². The van der Waals surface area contributed by atoms with Gasteiger partial charge in [-0.2, -0.15) is 0 Å². The molecular weight excluding hydrogens is 457 g/mol. The van der Waals surface area contributed by atoms with Crippen LogP contribution in [0.2, 0.25) is 10.0 Å². The van der Waals surface area contributed by atoms with Crippen LogP contribution in [0, 0.1) is 17.0 Å². The molecule has 4 rings (SSSR count). The van der Waals surface area contributed by atoms with Crippen LogP contribution in [0.25, 0.3) is 11.0 Å². The standard InChI is InChI=1S/C21H21Cl2N5O4/c1-13-20(28(31)18-12-15(23)14(22)11-17(18)27(13)30)21(29)24-26-9-7-25(8-10-26)16-5-3-4-6-19(16)32-2/h3-6,11-12H,7-10H2,1-2H3,(H,24,29). The summed E-state index contributed by atoms with van der Waals surface area (Å²) < 4.78 is 6.36. The van der Waals surface area contributed by atoms with Crippen molar-refractivity contribution in [3.8, 4) is 5.75 Å². The lowest BCUT2D eigenvalue weighted by atomic mass is 10.2. The number of aromatic nitrogens is 2. The fraction of sp³-hybridized carbons (Fsp3) is 0.286. The van der Waals surface area contributed by atoms with Gasteiger partial charge in [0.1, 0.15) is 11.3 Å². The Morgan fingerprint density at radius 1 is 1.12 bits per heavy atom. The van der Waals surface area contributed by atoms with Gasteiger partial charge in [0.05, 0.1) is 33.0 Å². The number of anilines is 1. The Hall–Kier alpha value is -3.01. The molecule has 0 bridgehead atoms. The lowest BCUT2D eigenvalue weighted by molar-refractivity contribution is -0.468. The second-order valence-electron chi connectivity index (χ2n) is 7.36. The minimum absolute atomic E-state index is 0.0314. The zero-order valence-corrected chi connectivity index (χ0v) is 19.0. The lowest BCUT2D eigenvalue weighted by Crippen LogP contribution is -2.54. The summed E-state index contributed by atoms with van der Waals surface area (Å²) in [5.41, 5.74) is 3.39. The number of nitrogens with zero attached hydrogens (tertiary/aromatic N) is 4. The van der Waals surface area contributed by atoms with Gasteiger partial charge in [-0.15, -0.1) is 0 Å². The Morgan fingerprint density at radius 2 is 1.78 bits per heavy atom. The maximum Gasteiger partial charge on any atom is 0.347 e. The van der Waals surface area contributed by atoms with Crippen molar-refractivity contribution in [1.82, 2.24) is 15.2 Å². The van der Waals surface area contributed by atoms with Crippen LogP contribution in [0.15, 0.2) is 36.4 Å². The number of amides is 1. The Balaban J connectivity index is 1.54. The summed E-state index contributed by atoms with van der Waals surface area (Å²) in [7, 11) is 1.63. The SMILES string of the molecule is COc1ccccc1N1CCN(NC(=O)c2c(C)n([O-])c3cc(Cl)c(Cl)cc3[n+]2=O)CC1. The zero-order chi connectivity index (χ0) is 23.0. The summed E-state index contributed by atoms with van der Waals surface area (Å²) in [5.74, 6) is 0.115. The third kappa shape index (κ3) is 3.94. The number of piperazine rings is 1. The molecule has 0 unspecified atom stereocenters. The molecule has 1 aliphatic heterocycles. The van der Waals surface area contributed by atoms with Gasteiger partial charge in [0.15, 0.2) is 0 Å². The van der Waals surface area contributed by atoms with E-state index in [-0.39, 0.29) is 32.5 Å². The monoisotopic (exact) mass is 477 g/mol. The van der Waals surface area contributed by atoms with Crippen LogP contribution in [0.5, 0.6) is 5.75 Å². The lowest BCUT2D eigenvalue weighted by Gasteiger charge is -2.36. The van der Waals surface area contributed by atoms with Crippen LogP contribution >= 0.6 is 23.2 Å². The van der Waals surface area contributed by atoms with E-state index < -0.39 is 5.91 Å². The van der Waals surface area contributed by atoms with E-state index in [1.165, 1.54) is 19.1 Å². The highest BCUT2D eigenvalue weighted by Crippen LogP contribution is 2.29. The summed E-state index contributed by atoms with van der Waals surface area (Å²) in [5, 5.41) is 14.7. The van der Waals surface area contributed by atoms with E-state index in [1.807, 2.05) is 24.3 Å². The summed E-state index contributed by atoms with van der Waals surface area (Å²) in [6.07, 6.45) is 0. The average molecular weight is 478 g/mol. The molecule has 11 heteroatoms. The van der Waals surface area contributed by atoms with Crippen molar-refractivity contribution in [3.63, 3.8) is 0 Å². The Morgan fingerprint density at radius 3 is 2.47 bits per heavy atom. The number of halogens is 2. The highest BCUT2D eigenvalue weighted by atomic mass is 35.5. The third-order valence-electron chi connectivity index (χ3n) is 5.49. The molecule has 3 aromatic rings. The minimum atomic E-state index is -0.666. The van der Waals surface area contributed by atoms with E-state index >= 15 is 0 Å². The predicted octanol–water partition coefficient (Wildman–Crippen LogP) is 2.99. The molecule has 1 N–H and O–H groups in total. The molecule has 2 heterocycles. The van der Waals surface area contributed by atoms with Crippen molar-refractivity contribution >= 4 is 45.8 Å². The quantitative estimate of drug-likeness (QED) is 0.580. The smallest absolute Gasteiger partial charge is 0.347 e. The molecule has 1 aliphatic rings. The summed E-state index contributed by atoms with van der Waals surface area (Å²) in [4.78, 5) is 28.0. The first kappa shape index (κ1) is 22.2. The summed E-state index contributed by atoms with van der Waals surface area (Å²) in [6, 6.07) is 10.3. The first-order valence-electron chi connectivity index (χ1n) is 9.90. The molecule has 0 aliphatic carbocycles. The van der Waals surface area contributed by atoms with Gasteiger partial charge in [-0.05, 0) is 25.1 Å². The van der Waals surface area contributed by atoms with Gasteiger partial charge >= 0.3 is 11.6 Å². The maximum absolute atomic E-state index is 12.9. The van der Waals surface area contributed by atoms with Gasteiger partial charge in [0.25, 0.3) is 5.52 Å². The summed E-state index contributed by atoms with van der Waals surface area (Å²) in [6.45, 7) is 3.74. The maximum atomic E-state index is 12.9. The van der Waals surface area contributed by atoms with Gasteiger partial charge in [0, 0.05) is 37.2 Å². The molecule has 0 radical (unpaired) electrons. The van der Waals surface area contributed by atoms with Crippen LogP contribution in [-0.2, 0) is 0 Å². The average Bonchev–Trinajstić information content (AvgIpc) is 2.79. The van der Waals surface area contributed by atoms with E-state index in [1.54, 1.807) is 12.1 Å². The van der Waals surface area contributed by atoms with Crippen molar-refractivity contribution in [2.24, 2.45) is 0 Å². The second-order valence-corrected chi connectivity index (χ2v) is 8.18. The van der Waals surface area contributed by atoms with Crippen LogP contribution in [0.4, 0.5) is 5.69 Å². The predicted molar refractivity (Wildman–Crippen MR) is 123 cm³/mol. The normalized spacial score (nSPS) is 14.6.